The van der Waals surface area contributed by atoms with Crippen molar-refractivity contribution >= 4 is 5.97 Å². The second-order valence-electron chi connectivity index (χ2n) is 7.62. The molecule has 0 aliphatic rings. The van der Waals surface area contributed by atoms with Crippen molar-refractivity contribution in [2.75, 3.05) is 55.1 Å². The van der Waals surface area contributed by atoms with Crippen LogP contribution in [0.3, 0.4) is 0 Å². The van der Waals surface area contributed by atoms with Gasteiger partial charge in [-0.1, -0.05) is 26.2 Å². The van der Waals surface area contributed by atoms with Gasteiger partial charge in [-0.15, -0.1) is 0 Å². The average molecular weight is 509 g/mol. The van der Waals surface area contributed by atoms with Crippen LogP contribution in [-0.2, 0) is 4.74 Å². The second kappa shape index (κ2) is 13.9. The van der Waals surface area contributed by atoms with Gasteiger partial charge in [-0.3, -0.25) is 0 Å². The number of nitrogens with zero attached hydrogens (tertiary/aromatic N) is 1. The largest absolute Gasteiger partial charge is 1.00 e. The molecule has 1 aromatic carbocycles. The molecule has 0 aromatic heterocycles. The highest BCUT2D eigenvalue weighted by Gasteiger charge is 2.19. The van der Waals surface area contributed by atoms with Gasteiger partial charge in [0.15, 0.2) is 11.5 Å². The van der Waals surface area contributed by atoms with Crippen LogP contribution >= 0.6 is 0 Å². The van der Waals surface area contributed by atoms with Crippen LogP contribution in [0.4, 0.5) is 0 Å². The van der Waals surface area contributed by atoms with Gasteiger partial charge in [-0.25, -0.2) is 4.79 Å². The lowest BCUT2D eigenvalue weighted by molar-refractivity contribution is -0.870. The minimum absolute atomic E-state index is 0. The normalized spacial score (nSPS) is 10.8. The van der Waals surface area contributed by atoms with E-state index in [0.29, 0.717) is 36.0 Å². The fourth-order valence-electron chi connectivity index (χ4n) is 2.63. The van der Waals surface area contributed by atoms with Crippen LogP contribution in [0, 0.1) is 0 Å². The van der Waals surface area contributed by atoms with E-state index in [9.17, 15) is 4.79 Å². The highest BCUT2D eigenvalue weighted by atomic mass is 127. The van der Waals surface area contributed by atoms with E-state index in [0.717, 1.165) is 30.3 Å². The SMILES string of the molecule is CCCCCCOc1c(OC)cc(C(=O)OCCC[N+](C)(C)C)cc1OC.[I-]. The minimum Gasteiger partial charge on any atom is -1.00 e. The molecule has 1 aromatic rings. The summed E-state index contributed by atoms with van der Waals surface area (Å²) in [5.41, 5.74) is 0.396. The zero-order chi connectivity index (χ0) is 20.3. The molecule has 0 unspecified atom stereocenters. The van der Waals surface area contributed by atoms with Crippen molar-refractivity contribution in [3.63, 3.8) is 0 Å². The summed E-state index contributed by atoms with van der Waals surface area (Å²) in [6.07, 6.45) is 5.27. The maximum Gasteiger partial charge on any atom is 0.338 e. The first-order valence-electron chi connectivity index (χ1n) is 9.68. The Kier molecular flexibility index (Phi) is 13.3. The first-order chi connectivity index (χ1) is 12.8. The van der Waals surface area contributed by atoms with Gasteiger partial charge in [-0.05, 0) is 18.6 Å². The average Bonchev–Trinajstić information content (AvgIpc) is 2.63. The maximum absolute atomic E-state index is 12.4. The Labute approximate surface area is 187 Å². The lowest BCUT2D eigenvalue weighted by Gasteiger charge is -2.23. The highest BCUT2D eigenvalue weighted by molar-refractivity contribution is 5.91. The molecule has 28 heavy (non-hydrogen) atoms. The summed E-state index contributed by atoms with van der Waals surface area (Å²) in [5.74, 6) is 1.09. The third-order valence-electron chi connectivity index (χ3n) is 4.15. The lowest BCUT2D eigenvalue weighted by atomic mass is 10.1. The predicted octanol–water partition coefficient (Wildman–Crippen LogP) is 0.920. The van der Waals surface area contributed by atoms with Crippen LogP contribution in [0.5, 0.6) is 17.2 Å². The summed E-state index contributed by atoms with van der Waals surface area (Å²) in [7, 11) is 9.43. The fraction of sp³-hybridized carbons (Fsp3) is 0.667. The summed E-state index contributed by atoms with van der Waals surface area (Å²) in [5, 5.41) is 0. The van der Waals surface area contributed by atoms with E-state index in [1.165, 1.54) is 12.8 Å². The van der Waals surface area contributed by atoms with Gasteiger partial charge in [0.2, 0.25) is 5.75 Å². The smallest absolute Gasteiger partial charge is 0.338 e. The number of unbranched alkanes of at least 4 members (excludes halogenated alkanes) is 3. The molecule has 7 heteroatoms. The number of esters is 1. The second-order valence-corrected chi connectivity index (χ2v) is 7.62. The molecule has 0 saturated heterocycles. The zero-order valence-electron chi connectivity index (χ0n) is 18.2. The van der Waals surface area contributed by atoms with E-state index in [1.807, 2.05) is 0 Å². The molecule has 0 aliphatic heterocycles. The molecular formula is C21H36INO5. The molecule has 0 saturated carbocycles. The van der Waals surface area contributed by atoms with Gasteiger partial charge < -0.3 is 47.4 Å². The quantitative estimate of drug-likeness (QED) is 0.171. The van der Waals surface area contributed by atoms with Gasteiger partial charge >= 0.3 is 5.97 Å². The van der Waals surface area contributed by atoms with E-state index in [1.54, 1.807) is 26.4 Å². The number of rotatable bonds is 13. The van der Waals surface area contributed by atoms with Crippen molar-refractivity contribution in [1.82, 2.24) is 0 Å². The molecule has 0 radical (unpaired) electrons. The Bertz CT molecular complexity index is 562. The van der Waals surface area contributed by atoms with Crippen LogP contribution in [0.25, 0.3) is 0 Å². The van der Waals surface area contributed by atoms with E-state index >= 15 is 0 Å². The van der Waals surface area contributed by atoms with Gasteiger partial charge in [0.1, 0.15) is 0 Å². The Morgan fingerprint density at radius 1 is 0.929 bits per heavy atom. The zero-order valence-corrected chi connectivity index (χ0v) is 20.3. The molecule has 6 nitrogen and oxygen atoms in total. The molecule has 0 spiro atoms. The minimum atomic E-state index is -0.387. The molecule has 0 N–H and O–H groups in total. The molecule has 1 rings (SSSR count). The summed E-state index contributed by atoms with van der Waals surface area (Å²) in [4.78, 5) is 12.4. The first kappa shape index (κ1) is 26.8. The van der Waals surface area contributed by atoms with Gasteiger partial charge in [-0.2, -0.15) is 0 Å². The Hall–Kier alpha value is -1.22. The number of carbonyl (C=O) groups excluding carboxylic acids is 1. The summed E-state index contributed by atoms with van der Waals surface area (Å²) in [6.45, 7) is 4.08. The van der Waals surface area contributed by atoms with Crippen LogP contribution in [-0.4, -0.2) is 65.6 Å². The van der Waals surface area contributed by atoms with Gasteiger partial charge in [0.05, 0.1) is 60.7 Å². The maximum atomic E-state index is 12.4. The van der Waals surface area contributed by atoms with E-state index in [4.69, 9.17) is 18.9 Å². The monoisotopic (exact) mass is 509 g/mol. The summed E-state index contributed by atoms with van der Waals surface area (Å²) >= 11 is 0. The molecular weight excluding hydrogens is 473 g/mol. The van der Waals surface area contributed by atoms with Crippen LogP contribution in [0.15, 0.2) is 12.1 Å². The topological polar surface area (TPSA) is 54.0 Å². The molecule has 0 fully saturated rings. The van der Waals surface area contributed by atoms with Gasteiger partial charge in [0.25, 0.3) is 0 Å². The van der Waals surface area contributed by atoms with Crippen molar-refractivity contribution in [3.05, 3.63) is 17.7 Å². The first-order valence-corrected chi connectivity index (χ1v) is 9.68. The number of halogens is 1. The van der Waals surface area contributed by atoms with E-state index in [-0.39, 0.29) is 29.9 Å². The van der Waals surface area contributed by atoms with E-state index < -0.39 is 0 Å². The van der Waals surface area contributed by atoms with Crippen molar-refractivity contribution in [1.29, 1.82) is 0 Å². The van der Waals surface area contributed by atoms with E-state index in [2.05, 4.69) is 28.1 Å². The molecule has 0 aliphatic carbocycles. The Morgan fingerprint density at radius 3 is 2.04 bits per heavy atom. The highest BCUT2D eigenvalue weighted by Crippen LogP contribution is 2.39. The van der Waals surface area contributed by atoms with Crippen molar-refractivity contribution in [2.45, 2.75) is 39.0 Å². The molecule has 0 amide bonds. The fourth-order valence-corrected chi connectivity index (χ4v) is 2.63. The summed E-state index contributed by atoms with van der Waals surface area (Å²) < 4.78 is 22.9. The summed E-state index contributed by atoms with van der Waals surface area (Å²) in [6, 6.07) is 3.29. The number of carbonyl (C=O) groups is 1. The number of hydrogen-bond donors (Lipinski definition) is 0. The third kappa shape index (κ3) is 9.82. The number of ether oxygens (including phenoxy) is 4. The Morgan fingerprint density at radius 2 is 1.54 bits per heavy atom. The third-order valence-corrected chi connectivity index (χ3v) is 4.15. The molecule has 0 atom stereocenters. The number of hydrogen-bond acceptors (Lipinski definition) is 5. The standard InChI is InChI=1S/C21H36NO5.HI/c1-7-8-9-10-13-26-20-18(24-5)15-17(16-19(20)25-6)21(23)27-14-11-12-22(2,3)4;/h15-16H,7-14H2,1-6H3;1H/q+1;/p-1. The Balaban J connectivity index is 0.00000729. The lowest BCUT2D eigenvalue weighted by Crippen LogP contribution is -3.00. The van der Waals surface area contributed by atoms with Crippen molar-refractivity contribution < 1.29 is 52.2 Å². The number of quaternary nitrogens is 1. The predicted molar refractivity (Wildman–Crippen MR) is 107 cm³/mol. The van der Waals surface area contributed by atoms with Crippen LogP contribution < -0.4 is 38.2 Å². The molecule has 0 bridgehead atoms. The van der Waals surface area contributed by atoms with Gasteiger partial charge in [0, 0.05) is 6.42 Å². The van der Waals surface area contributed by atoms with Crippen molar-refractivity contribution in [3.8, 4) is 17.2 Å². The number of methoxy groups -OCH3 is 2. The van der Waals surface area contributed by atoms with Crippen LogP contribution in [0.2, 0.25) is 0 Å². The molecule has 0 heterocycles. The number of benzene rings is 1. The van der Waals surface area contributed by atoms with Crippen molar-refractivity contribution in [2.24, 2.45) is 0 Å². The molecule has 162 valence electrons. The van der Waals surface area contributed by atoms with Crippen LogP contribution in [0.1, 0.15) is 49.4 Å².